The van der Waals surface area contributed by atoms with Gasteiger partial charge in [0, 0.05) is 58.7 Å². The van der Waals surface area contributed by atoms with Crippen molar-refractivity contribution in [2.75, 3.05) is 19.8 Å². The second-order valence-corrected chi connectivity index (χ2v) is 16.1. The van der Waals surface area contributed by atoms with E-state index in [1.807, 2.05) is 32.9 Å². The molecule has 0 aliphatic heterocycles. The molecule has 292 valence electrons. The van der Waals surface area contributed by atoms with Crippen molar-refractivity contribution in [1.82, 2.24) is 10.6 Å². The van der Waals surface area contributed by atoms with E-state index in [0.29, 0.717) is 49.2 Å². The maximum Gasteiger partial charge on any atom is 0.407 e. The first-order valence-corrected chi connectivity index (χ1v) is 19.6. The summed E-state index contributed by atoms with van der Waals surface area (Å²) in [6.07, 6.45) is 10.6. The SMILES string of the molecule is Cc1oc2c(C)c3oc(=O)cc(C)c3cc2c1CNC(=O)OCCCCCCNC(=O)OCC(=O)C1CCC2C3CCC4=CC(=O)C=CC4C3C(=O)CC12C. The maximum atomic E-state index is 13.6. The molecule has 2 aromatic heterocycles. The predicted octanol–water partition coefficient (Wildman–Crippen LogP) is 7.26. The number of aryl methyl sites for hydroxylation is 3. The molecule has 12 nitrogen and oxygen atoms in total. The monoisotopic (exact) mass is 754 g/mol. The number of ketones is 3. The van der Waals surface area contributed by atoms with Gasteiger partial charge < -0.3 is 28.9 Å². The van der Waals surface area contributed by atoms with Crippen LogP contribution in [0.2, 0.25) is 0 Å². The van der Waals surface area contributed by atoms with Crippen LogP contribution in [0, 0.1) is 55.8 Å². The number of carbonyl (C=O) groups excluding carboxylic acids is 5. The lowest BCUT2D eigenvalue weighted by Gasteiger charge is -2.52. The molecule has 12 heteroatoms. The van der Waals surface area contributed by atoms with E-state index >= 15 is 0 Å². The van der Waals surface area contributed by atoms with Crippen LogP contribution in [0.4, 0.5) is 9.59 Å². The van der Waals surface area contributed by atoms with Crippen molar-refractivity contribution in [1.29, 1.82) is 0 Å². The third kappa shape index (κ3) is 7.52. The lowest BCUT2D eigenvalue weighted by Crippen LogP contribution is -2.51. The van der Waals surface area contributed by atoms with Crippen molar-refractivity contribution in [2.45, 2.75) is 92.0 Å². The van der Waals surface area contributed by atoms with Gasteiger partial charge in [0.2, 0.25) is 0 Å². The number of unbranched alkanes of at least 4 members (excludes halogenated alkanes) is 3. The highest BCUT2D eigenvalue weighted by molar-refractivity contribution is 6.02. The largest absolute Gasteiger partial charge is 0.461 e. The highest BCUT2D eigenvalue weighted by Crippen LogP contribution is 2.62. The topological polar surface area (TPSA) is 171 Å². The number of hydrogen-bond donors (Lipinski definition) is 2. The molecular formula is C43H50N2O10. The number of fused-ring (bicyclic) bond motifs is 7. The van der Waals surface area contributed by atoms with Gasteiger partial charge in [0.25, 0.3) is 0 Å². The lowest BCUT2D eigenvalue weighted by atomic mass is 9.51. The second-order valence-electron chi connectivity index (χ2n) is 16.1. The quantitative estimate of drug-likeness (QED) is 0.142. The summed E-state index contributed by atoms with van der Waals surface area (Å²) < 4.78 is 22.1. The zero-order chi connectivity index (χ0) is 39.0. The van der Waals surface area contributed by atoms with Crippen molar-refractivity contribution in [3.8, 4) is 0 Å². The molecule has 3 fully saturated rings. The number of rotatable bonds is 12. The summed E-state index contributed by atoms with van der Waals surface area (Å²) in [6.45, 7) is 8.15. The average molecular weight is 755 g/mol. The normalized spacial score (nSPS) is 25.6. The number of carbonyl (C=O) groups is 5. The number of hydrogen-bond acceptors (Lipinski definition) is 10. The van der Waals surface area contributed by atoms with Gasteiger partial charge in [-0.3, -0.25) is 14.4 Å². The molecule has 55 heavy (non-hydrogen) atoms. The first kappa shape index (κ1) is 38.3. The molecule has 2 heterocycles. The predicted molar refractivity (Wildman–Crippen MR) is 203 cm³/mol. The van der Waals surface area contributed by atoms with Crippen molar-refractivity contribution in [3.05, 3.63) is 68.8 Å². The van der Waals surface area contributed by atoms with E-state index in [9.17, 15) is 28.8 Å². The number of furan rings is 1. The van der Waals surface area contributed by atoms with Crippen LogP contribution < -0.4 is 16.3 Å². The third-order valence-corrected chi connectivity index (χ3v) is 12.8. The zero-order valence-corrected chi connectivity index (χ0v) is 32.0. The molecule has 4 aliphatic carbocycles. The summed E-state index contributed by atoms with van der Waals surface area (Å²) in [5, 5.41) is 7.18. The van der Waals surface area contributed by atoms with E-state index in [2.05, 4.69) is 17.6 Å². The minimum absolute atomic E-state index is 0.00750. The fourth-order valence-corrected chi connectivity index (χ4v) is 10.2. The minimum Gasteiger partial charge on any atom is -0.461 e. The molecular weight excluding hydrogens is 704 g/mol. The van der Waals surface area contributed by atoms with E-state index in [1.54, 1.807) is 12.2 Å². The zero-order valence-electron chi connectivity index (χ0n) is 32.0. The van der Waals surface area contributed by atoms with Crippen LogP contribution in [0.25, 0.3) is 21.9 Å². The summed E-state index contributed by atoms with van der Waals surface area (Å²) in [6, 6.07) is 3.38. The molecule has 1 aromatic carbocycles. The fraction of sp³-hybridized carbons (Fsp3) is 0.535. The molecule has 2 N–H and O–H groups in total. The van der Waals surface area contributed by atoms with Gasteiger partial charge in [-0.25, -0.2) is 14.4 Å². The van der Waals surface area contributed by atoms with E-state index in [-0.39, 0.29) is 66.7 Å². The van der Waals surface area contributed by atoms with Gasteiger partial charge in [-0.2, -0.15) is 0 Å². The molecule has 4 aliphatic rings. The molecule has 0 radical (unpaired) electrons. The van der Waals surface area contributed by atoms with Crippen LogP contribution in [0.1, 0.15) is 87.2 Å². The smallest absolute Gasteiger partial charge is 0.407 e. The van der Waals surface area contributed by atoms with Crippen LogP contribution in [-0.4, -0.2) is 49.3 Å². The molecule has 6 unspecified atom stereocenters. The van der Waals surface area contributed by atoms with Gasteiger partial charge in [-0.05, 0) is 107 Å². The highest BCUT2D eigenvalue weighted by atomic mass is 16.6. The third-order valence-electron chi connectivity index (χ3n) is 12.8. The Hall–Kier alpha value is -5.00. The number of nitrogens with one attached hydrogen (secondary N) is 2. The molecule has 7 rings (SSSR count). The van der Waals surface area contributed by atoms with Gasteiger partial charge in [0.05, 0.1) is 13.2 Å². The minimum atomic E-state index is -0.635. The van der Waals surface area contributed by atoms with Gasteiger partial charge >= 0.3 is 17.8 Å². The Bertz CT molecular complexity index is 2170. The first-order chi connectivity index (χ1) is 26.4. The molecule has 0 bridgehead atoms. The van der Waals surface area contributed by atoms with Crippen molar-refractivity contribution in [3.63, 3.8) is 0 Å². The maximum absolute atomic E-state index is 13.6. The second kappa shape index (κ2) is 15.6. The molecule has 2 amide bonds. The number of benzene rings is 1. The molecule has 6 atom stereocenters. The summed E-state index contributed by atoms with van der Waals surface area (Å²) >= 11 is 0. The van der Waals surface area contributed by atoms with E-state index in [0.717, 1.165) is 65.1 Å². The Morgan fingerprint density at radius 1 is 0.891 bits per heavy atom. The van der Waals surface area contributed by atoms with Gasteiger partial charge in [0.1, 0.15) is 22.7 Å². The van der Waals surface area contributed by atoms with Crippen LogP contribution in [0.5, 0.6) is 0 Å². The summed E-state index contributed by atoms with van der Waals surface area (Å²) in [4.78, 5) is 75.7. The summed E-state index contributed by atoms with van der Waals surface area (Å²) in [5.41, 5.74) is 3.67. The van der Waals surface area contributed by atoms with Crippen molar-refractivity contribution < 1.29 is 42.3 Å². The first-order valence-electron chi connectivity index (χ1n) is 19.6. The fourth-order valence-electron chi connectivity index (χ4n) is 10.2. The number of ether oxygens (including phenoxy) is 2. The van der Waals surface area contributed by atoms with E-state index in [4.69, 9.17) is 18.3 Å². The molecule has 3 saturated carbocycles. The van der Waals surface area contributed by atoms with Crippen LogP contribution >= 0.6 is 0 Å². The number of Topliss-reactive ketones (excluding diaryl/α,β-unsaturated/α-hetero) is 2. The average Bonchev–Trinajstić information content (AvgIpc) is 3.66. The molecule has 0 spiro atoms. The number of allylic oxidation sites excluding steroid dienone is 4. The van der Waals surface area contributed by atoms with Crippen LogP contribution in [-0.2, 0) is 30.4 Å². The number of alkyl carbamates (subject to hydrolysis) is 2. The van der Waals surface area contributed by atoms with Crippen molar-refractivity contribution >= 4 is 51.5 Å². The van der Waals surface area contributed by atoms with Gasteiger partial charge in [0.15, 0.2) is 18.2 Å². The Balaban J connectivity index is 0.779. The molecule has 0 saturated heterocycles. The van der Waals surface area contributed by atoms with Gasteiger partial charge in [-0.1, -0.05) is 25.0 Å². The standard InChI is InChI=1S/C43H50N2O10/c1-23-17-37(49)55-39-24(2)40-31(19-30(23)39)32(25(3)54-40)21-45-42(51)52-16-8-6-5-7-15-44-41(50)53-22-36(48)34-14-13-33-29-11-9-26-18-27(46)10-12-28(26)38(29)35(47)20-43(33,34)4/h10,12,17-19,28-29,33-34,38H,5-9,11,13-16,20-22H2,1-4H3,(H,44,50)(H,45,51). The summed E-state index contributed by atoms with van der Waals surface area (Å²) in [5.74, 6) is 0.692. The lowest BCUT2D eigenvalue weighted by molar-refractivity contribution is -0.143. The van der Waals surface area contributed by atoms with E-state index < -0.39 is 23.2 Å². The summed E-state index contributed by atoms with van der Waals surface area (Å²) in [7, 11) is 0. The van der Waals surface area contributed by atoms with Crippen LogP contribution in [0.15, 0.2) is 49.6 Å². The van der Waals surface area contributed by atoms with E-state index in [1.165, 1.54) is 6.07 Å². The van der Waals surface area contributed by atoms with Crippen LogP contribution in [0.3, 0.4) is 0 Å². The Kier molecular flexibility index (Phi) is 10.9. The number of amides is 2. The van der Waals surface area contributed by atoms with Gasteiger partial charge in [-0.15, -0.1) is 0 Å². The highest BCUT2D eigenvalue weighted by Gasteiger charge is 2.60. The molecule has 3 aromatic rings. The Labute approximate surface area is 319 Å². The Morgan fingerprint density at radius 3 is 2.47 bits per heavy atom. The Morgan fingerprint density at radius 2 is 1.65 bits per heavy atom. The van der Waals surface area contributed by atoms with Crippen molar-refractivity contribution in [2.24, 2.45) is 35.0 Å².